The minimum Gasteiger partial charge on any atom is -0.340 e. The van der Waals surface area contributed by atoms with Gasteiger partial charge in [0.2, 0.25) is 5.91 Å². The van der Waals surface area contributed by atoms with E-state index in [-0.39, 0.29) is 10.1 Å². The van der Waals surface area contributed by atoms with Crippen LogP contribution in [0.3, 0.4) is 0 Å². The molecule has 0 aliphatic carbocycles. The average molecular weight is 471 g/mol. The summed E-state index contributed by atoms with van der Waals surface area (Å²) in [5.41, 5.74) is 0.646. The summed E-state index contributed by atoms with van der Waals surface area (Å²) in [4.78, 5) is 15.1. The maximum absolute atomic E-state index is 13.3. The van der Waals surface area contributed by atoms with Gasteiger partial charge >= 0.3 is 0 Å². The molecule has 8 heteroatoms. The van der Waals surface area contributed by atoms with Crippen molar-refractivity contribution in [1.82, 2.24) is 9.62 Å². The lowest BCUT2D eigenvalue weighted by Gasteiger charge is -2.37. The van der Waals surface area contributed by atoms with E-state index in [0.29, 0.717) is 30.5 Å². The predicted molar refractivity (Wildman–Crippen MR) is 111 cm³/mol. The molecule has 0 bridgehead atoms. The summed E-state index contributed by atoms with van der Waals surface area (Å²) < 4.78 is 29.3. The van der Waals surface area contributed by atoms with Crippen LogP contribution in [0.25, 0.3) is 0 Å². The van der Waals surface area contributed by atoms with Crippen LogP contribution in [-0.4, -0.2) is 32.3 Å². The van der Waals surface area contributed by atoms with Crippen LogP contribution in [-0.2, 0) is 14.8 Å². The van der Waals surface area contributed by atoms with E-state index in [1.165, 1.54) is 6.07 Å². The molecule has 0 radical (unpaired) electrons. The molecule has 1 saturated heterocycles. The third-order valence-electron chi connectivity index (χ3n) is 4.65. The molecule has 0 unspecified atom stereocenters. The van der Waals surface area contributed by atoms with E-state index in [1.807, 2.05) is 18.2 Å². The summed E-state index contributed by atoms with van der Waals surface area (Å²) in [7, 11) is -3.81. The number of amides is 1. The lowest BCUT2D eigenvalue weighted by Crippen LogP contribution is -2.48. The van der Waals surface area contributed by atoms with Gasteiger partial charge in [0.05, 0.1) is 3.79 Å². The Morgan fingerprint density at radius 3 is 2.33 bits per heavy atom. The van der Waals surface area contributed by atoms with E-state index in [2.05, 4.69) is 34.5 Å². The first-order valence-electron chi connectivity index (χ1n) is 8.87. The Morgan fingerprint density at radius 1 is 1.15 bits per heavy atom. The van der Waals surface area contributed by atoms with Gasteiger partial charge in [0.15, 0.2) is 0 Å². The summed E-state index contributed by atoms with van der Waals surface area (Å²) in [5.74, 6) is 0.608. The monoisotopic (exact) mass is 470 g/mol. The SMILES string of the molecule is C[C@@H]1C[C@H](C)CN(C(=O)[C@@H](NS(=O)(=O)c2ccc(Br)s2)c2ccccc2)C1. The third-order valence-corrected chi connectivity index (χ3v) is 8.19. The van der Waals surface area contributed by atoms with Gasteiger partial charge in [-0.1, -0.05) is 44.2 Å². The average Bonchev–Trinajstić information content (AvgIpc) is 3.06. The summed E-state index contributed by atoms with van der Waals surface area (Å²) in [5, 5.41) is 0. The molecule has 146 valence electrons. The van der Waals surface area contributed by atoms with E-state index >= 15 is 0 Å². The van der Waals surface area contributed by atoms with Gasteiger partial charge < -0.3 is 4.90 Å². The summed E-state index contributed by atoms with van der Waals surface area (Å²) >= 11 is 4.41. The molecule has 5 nitrogen and oxygen atoms in total. The fourth-order valence-corrected chi connectivity index (χ4v) is 6.79. The van der Waals surface area contributed by atoms with Gasteiger partial charge in [0, 0.05) is 13.1 Å². The van der Waals surface area contributed by atoms with Gasteiger partial charge in [-0.2, -0.15) is 4.72 Å². The molecule has 0 spiro atoms. The first kappa shape index (κ1) is 20.5. The number of piperidine rings is 1. The van der Waals surface area contributed by atoms with Crippen molar-refractivity contribution in [1.29, 1.82) is 0 Å². The summed E-state index contributed by atoms with van der Waals surface area (Å²) in [6.07, 6.45) is 1.08. The number of rotatable bonds is 5. The molecule has 1 aromatic carbocycles. The van der Waals surface area contributed by atoms with E-state index in [9.17, 15) is 13.2 Å². The van der Waals surface area contributed by atoms with Crippen LogP contribution in [0, 0.1) is 11.8 Å². The molecular formula is C19H23BrN2O3S2. The molecule has 0 saturated carbocycles. The number of likely N-dealkylation sites (tertiary alicyclic amines) is 1. The topological polar surface area (TPSA) is 66.5 Å². The number of thiophene rings is 1. The number of benzene rings is 1. The molecule has 2 aromatic rings. The van der Waals surface area contributed by atoms with Crippen molar-refractivity contribution in [3.63, 3.8) is 0 Å². The molecule has 1 aliphatic rings. The van der Waals surface area contributed by atoms with Crippen molar-refractivity contribution in [3.8, 4) is 0 Å². The number of nitrogens with one attached hydrogen (secondary N) is 1. The Balaban J connectivity index is 1.91. The standard InChI is InChI=1S/C19H23BrN2O3S2/c1-13-10-14(2)12-22(11-13)19(23)18(15-6-4-3-5-7-15)21-27(24,25)17-9-8-16(20)26-17/h3-9,13-14,18,21H,10-12H2,1-2H3/t13-,14+,18-/m0/s1. The van der Waals surface area contributed by atoms with Crippen LogP contribution >= 0.6 is 27.3 Å². The molecule has 3 atom stereocenters. The van der Waals surface area contributed by atoms with Crippen LogP contribution < -0.4 is 4.72 Å². The minimum atomic E-state index is -3.81. The molecule has 27 heavy (non-hydrogen) atoms. The quantitative estimate of drug-likeness (QED) is 0.716. The van der Waals surface area contributed by atoms with Gasteiger partial charge in [-0.25, -0.2) is 8.42 Å². The van der Waals surface area contributed by atoms with Gasteiger partial charge in [0.25, 0.3) is 10.0 Å². The fraction of sp³-hybridized carbons (Fsp3) is 0.421. The zero-order chi connectivity index (χ0) is 19.6. The van der Waals surface area contributed by atoms with Gasteiger partial charge in [-0.15, -0.1) is 11.3 Å². The fourth-order valence-electron chi connectivity index (χ4n) is 3.59. The highest BCUT2D eigenvalue weighted by atomic mass is 79.9. The van der Waals surface area contributed by atoms with Gasteiger partial charge in [0.1, 0.15) is 10.3 Å². The molecule has 2 heterocycles. The molecule has 1 aliphatic heterocycles. The summed E-state index contributed by atoms with van der Waals surface area (Å²) in [6, 6.07) is 11.3. The number of hydrogen-bond acceptors (Lipinski definition) is 4. The minimum absolute atomic E-state index is 0.184. The van der Waals surface area contributed by atoms with Crippen LogP contribution in [0.5, 0.6) is 0 Å². The van der Waals surface area contributed by atoms with E-state index < -0.39 is 16.1 Å². The highest BCUT2D eigenvalue weighted by molar-refractivity contribution is 9.11. The first-order valence-corrected chi connectivity index (χ1v) is 12.0. The normalized spacial score (nSPS) is 21.8. The van der Waals surface area contributed by atoms with Gasteiger partial charge in [-0.3, -0.25) is 4.79 Å². The van der Waals surface area contributed by atoms with Crippen molar-refractivity contribution >= 4 is 43.2 Å². The highest BCUT2D eigenvalue weighted by Crippen LogP contribution is 2.29. The molecule has 1 fully saturated rings. The highest BCUT2D eigenvalue weighted by Gasteiger charge is 2.34. The van der Waals surface area contributed by atoms with E-state index in [0.717, 1.165) is 21.5 Å². The number of carbonyl (C=O) groups is 1. The lowest BCUT2D eigenvalue weighted by molar-refractivity contribution is -0.135. The number of carbonyl (C=O) groups excluding carboxylic acids is 1. The van der Waals surface area contributed by atoms with Crippen molar-refractivity contribution in [3.05, 3.63) is 51.8 Å². The number of nitrogens with zero attached hydrogens (tertiary/aromatic N) is 1. The molecule has 3 rings (SSSR count). The second-order valence-electron chi connectivity index (χ2n) is 7.21. The van der Waals surface area contributed by atoms with Crippen molar-refractivity contribution in [2.45, 2.75) is 30.5 Å². The zero-order valence-corrected chi connectivity index (χ0v) is 18.5. The molecule has 1 aromatic heterocycles. The van der Waals surface area contributed by atoms with Crippen LogP contribution in [0.1, 0.15) is 31.9 Å². The zero-order valence-electron chi connectivity index (χ0n) is 15.3. The number of hydrogen-bond donors (Lipinski definition) is 1. The Hall–Kier alpha value is -1.22. The summed E-state index contributed by atoms with van der Waals surface area (Å²) in [6.45, 7) is 5.55. The van der Waals surface area contributed by atoms with Gasteiger partial charge in [-0.05, 0) is 51.9 Å². The Labute approximate surface area is 173 Å². The van der Waals surface area contributed by atoms with Crippen molar-refractivity contribution < 1.29 is 13.2 Å². The molecule has 1 amide bonds. The first-order chi connectivity index (χ1) is 12.8. The largest absolute Gasteiger partial charge is 0.340 e. The number of sulfonamides is 1. The van der Waals surface area contributed by atoms with Crippen molar-refractivity contribution in [2.75, 3.05) is 13.1 Å². The maximum Gasteiger partial charge on any atom is 0.251 e. The van der Waals surface area contributed by atoms with E-state index in [4.69, 9.17) is 0 Å². The maximum atomic E-state index is 13.3. The molecule has 1 N–H and O–H groups in total. The third kappa shape index (κ3) is 4.99. The second-order valence-corrected chi connectivity index (χ2v) is 11.6. The lowest BCUT2D eigenvalue weighted by atomic mass is 9.91. The van der Waals surface area contributed by atoms with Crippen LogP contribution in [0.4, 0.5) is 0 Å². The second kappa shape index (κ2) is 8.43. The van der Waals surface area contributed by atoms with E-state index in [1.54, 1.807) is 23.1 Å². The van der Waals surface area contributed by atoms with Crippen molar-refractivity contribution in [2.24, 2.45) is 11.8 Å². The van der Waals surface area contributed by atoms with Crippen LogP contribution in [0.15, 0.2) is 50.5 Å². The Kier molecular flexibility index (Phi) is 6.40. The Bertz CT molecular complexity index is 889. The Morgan fingerprint density at radius 2 is 1.78 bits per heavy atom. The smallest absolute Gasteiger partial charge is 0.251 e. The molecular weight excluding hydrogens is 448 g/mol. The predicted octanol–water partition coefficient (Wildman–Crippen LogP) is 4.03. The number of halogens is 1. The van der Waals surface area contributed by atoms with Crippen LogP contribution in [0.2, 0.25) is 0 Å².